The zero-order chi connectivity index (χ0) is 20.9. The number of anilines is 2. The van der Waals surface area contributed by atoms with Gasteiger partial charge in [0.15, 0.2) is 5.82 Å². The second-order valence-electron chi connectivity index (χ2n) is 6.55. The third kappa shape index (κ3) is 4.00. The number of nitrogens with zero attached hydrogens (tertiary/aromatic N) is 4. The van der Waals surface area contributed by atoms with Gasteiger partial charge in [0.25, 0.3) is 11.7 Å². The fraction of sp³-hybridized carbons (Fsp3) is 0.158. The minimum Gasteiger partial charge on any atom is -0.330 e. The lowest BCUT2D eigenvalue weighted by atomic mass is 9.94. The van der Waals surface area contributed by atoms with Crippen LogP contribution in [0, 0.1) is 0 Å². The first-order valence-electron chi connectivity index (χ1n) is 9.24. The van der Waals surface area contributed by atoms with Gasteiger partial charge in [-0.2, -0.15) is 10.3 Å². The molecule has 4 aromatic rings. The van der Waals surface area contributed by atoms with Gasteiger partial charge in [-0.1, -0.05) is 30.3 Å². The highest BCUT2D eigenvalue weighted by molar-refractivity contribution is 6.07. The molecule has 0 aliphatic carbocycles. The summed E-state index contributed by atoms with van der Waals surface area (Å²) in [5.74, 6) is -0.903. The maximum Gasteiger partial charge on any atom is 0.298 e. The van der Waals surface area contributed by atoms with Gasteiger partial charge in [-0.05, 0) is 41.9 Å². The first-order valence-corrected chi connectivity index (χ1v) is 9.24. The number of H-pyrrole nitrogens is 2. The molecule has 0 radical (unpaired) electrons. The molecule has 2 amide bonds. The highest BCUT2D eigenvalue weighted by Crippen LogP contribution is 2.26. The number of aromatic amines is 2. The molecule has 2 heterocycles. The third-order valence-corrected chi connectivity index (χ3v) is 4.58. The van der Waals surface area contributed by atoms with Crippen molar-refractivity contribution in [3.8, 4) is 0 Å². The number of rotatable bonds is 7. The van der Waals surface area contributed by atoms with Gasteiger partial charge in [0, 0.05) is 11.1 Å². The number of nitrogens with one attached hydrogen (secondary N) is 4. The predicted octanol–water partition coefficient (Wildman–Crippen LogP) is 1.40. The summed E-state index contributed by atoms with van der Waals surface area (Å²) in [6.07, 6.45) is 0.524. The lowest BCUT2D eigenvalue weighted by Crippen LogP contribution is -2.23. The molecule has 0 aliphatic heterocycles. The molecular weight excluding hydrogens is 386 g/mol. The minimum atomic E-state index is -0.557. The third-order valence-electron chi connectivity index (χ3n) is 4.58. The van der Waals surface area contributed by atoms with Crippen LogP contribution >= 0.6 is 0 Å². The second kappa shape index (κ2) is 8.49. The lowest BCUT2D eigenvalue weighted by Gasteiger charge is -2.16. The van der Waals surface area contributed by atoms with E-state index < -0.39 is 5.91 Å². The Labute approximate surface area is 170 Å². The number of hydrogen-bond acceptors (Lipinski definition) is 7. The van der Waals surface area contributed by atoms with Crippen molar-refractivity contribution in [2.75, 3.05) is 17.2 Å². The average molecular weight is 405 g/mol. The van der Waals surface area contributed by atoms with Crippen LogP contribution in [0.3, 0.4) is 0 Å². The number of fused-ring (bicyclic) bond motifs is 1. The van der Waals surface area contributed by atoms with Gasteiger partial charge in [0.2, 0.25) is 5.91 Å². The maximum absolute atomic E-state index is 12.9. The van der Waals surface area contributed by atoms with Crippen molar-refractivity contribution >= 4 is 34.2 Å². The first kappa shape index (κ1) is 19.2. The van der Waals surface area contributed by atoms with E-state index in [0.717, 1.165) is 5.56 Å². The first-order chi connectivity index (χ1) is 14.7. The van der Waals surface area contributed by atoms with Gasteiger partial charge in [-0.15, -0.1) is 10.2 Å². The summed E-state index contributed by atoms with van der Waals surface area (Å²) in [5, 5.41) is 26.0. The van der Waals surface area contributed by atoms with Crippen molar-refractivity contribution in [1.82, 2.24) is 30.8 Å². The number of hydrogen-bond donors (Lipinski definition) is 5. The molecule has 0 spiro atoms. The molecule has 1 atom stereocenters. The van der Waals surface area contributed by atoms with Gasteiger partial charge < -0.3 is 16.4 Å². The van der Waals surface area contributed by atoms with Crippen molar-refractivity contribution in [2.45, 2.75) is 12.3 Å². The van der Waals surface area contributed by atoms with E-state index in [0.29, 0.717) is 29.6 Å². The van der Waals surface area contributed by atoms with Crippen LogP contribution in [-0.4, -0.2) is 49.2 Å². The second-order valence-corrected chi connectivity index (χ2v) is 6.55. The Hall–Kier alpha value is -4.12. The van der Waals surface area contributed by atoms with E-state index in [4.69, 9.17) is 5.73 Å². The van der Waals surface area contributed by atoms with E-state index in [9.17, 15) is 9.59 Å². The Bertz CT molecular complexity index is 1160. The van der Waals surface area contributed by atoms with Crippen LogP contribution in [-0.2, 0) is 4.79 Å². The fourth-order valence-corrected chi connectivity index (χ4v) is 3.14. The molecule has 30 heavy (non-hydrogen) atoms. The Kier molecular flexibility index (Phi) is 5.44. The SMILES string of the molecule is NCCC(C(=O)Nc1ccc2[nH]nc(NC(=O)c3nn[nH]n3)c2c1)c1ccccc1. The van der Waals surface area contributed by atoms with Crippen molar-refractivity contribution < 1.29 is 9.59 Å². The molecule has 0 bridgehead atoms. The Morgan fingerprint density at radius 2 is 1.90 bits per heavy atom. The quantitative estimate of drug-likeness (QED) is 0.310. The number of carbonyl (C=O) groups is 2. The molecule has 152 valence electrons. The summed E-state index contributed by atoms with van der Waals surface area (Å²) >= 11 is 0. The van der Waals surface area contributed by atoms with E-state index in [2.05, 4.69) is 41.5 Å². The molecular formula is C19H19N9O2. The summed E-state index contributed by atoms with van der Waals surface area (Å²) in [6.45, 7) is 0.389. The molecule has 2 aromatic carbocycles. The van der Waals surface area contributed by atoms with Crippen LogP contribution < -0.4 is 16.4 Å². The number of tetrazole rings is 1. The molecule has 6 N–H and O–H groups in total. The Morgan fingerprint density at radius 1 is 1.07 bits per heavy atom. The largest absolute Gasteiger partial charge is 0.330 e. The minimum absolute atomic E-state index is 0.108. The molecule has 0 fully saturated rings. The fourth-order valence-electron chi connectivity index (χ4n) is 3.14. The van der Waals surface area contributed by atoms with Crippen LogP contribution in [0.1, 0.15) is 28.5 Å². The van der Waals surface area contributed by atoms with E-state index in [1.54, 1.807) is 18.2 Å². The van der Waals surface area contributed by atoms with Crippen LogP contribution in [0.2, 0.25) is 0 Å². The topological polar surface area (TPSA) is 167 Å². The van der Waals surface area contributed by atoms with Gasteiger partial charge in [-0.25, -0.2) is 0 Å². The highest BCUT2D eigenvalue weighted by atomic mass is 16.2. The van der Waals surface area contributed by atoms with Gasteiger partial charge in [0.1, 0.15) is 0 Å². The van der Waals surface area contributed by atoms with Gasteiger partial charge in [0.05, 0.1) is 11.4 Å². The van der Waals surface area contributed by atoms with Crippen molar-refractivity contribution in [2.24, 2.45) is 5.73 Å². The zero-order valence-electron chi connectivity index (χ0n) is 15.8. The van der Waals surface area contributed by atoms with Gasteiger partial charge >= 0.3 is 0 Å². The standard InChI is InChI=1S/C19H19N9O2/c20-9-8-13(11-4-2-1-3-5-11)18(29)21-12-6-7-15-14(10-12)16(24-23-15)22-19(30)17-25-27-28-26-17/h1-7,10,13H,8-9,20H2,(H,21,29)(H2,22,23,24,30)(H,25,26,27,28). The van der Waals surface area contributed by atoms with Crippen LogP contribution in [0.15, 0.2) is 48.5 Å². The lowest BCUT2D eigenvalue weighted by molar-refractivity contribution is -0.117. The number of nitrogens with two attached hydrogens (primary N) is 1. The molecule has 1 unspecified atom stereocenters. The van der Waals surface area contributed by atoms with E-state index >= 15 is 0 Å². The number of aromatic nitrogens is 6. The van der Waals surface area contributed by atoms with Crippen LogP contribution in [0.25, 0.3) is 10.9 Å². The smallest absolute Gasteiger partial charge is 0.298 e. The number of carbonyl (C=O) groups excluding carboxylic acids is 2. The summed E-state index contributed by atoms with van der Waals surface area (Å²) in [4.78, 5) is 25.1. The monoisotopic (exact) mass is 405 g/mol. The van der Waals surface area contributed by atoms with Crippen molar-refractivity contribution in [3.05, 3.63) is 59.9 Å². The van der Waals surface area contributed by atoms with Crippen molar-refractivity contribution in [3.63, 3.8) is 0 Å². The summed E-state index contributed by atoms with van der Waals surface area (Å²) in [5.41, 5.74) is 7.88. The maximum atomic E-state index is 12.9. The Morgan fingerprint density at radius 3 is 2.63 bits per heavy atom. The highest BCUT2D eigenvalue weighted by Gasteiger charge is 2.20. The average Bonchev–Trinajstić information content (AvgIpc) is 3.43. The molecule has 0 aliphatic rings. The number of benzene rings is 2. The zero-order valence-corrected chi connectivity index (χ0v) is 15.8. The van der Waals surface area contributed by atoms with Gasteiger partial charge in [-0.3, -0.25) is 14.7 Å². The molecule has 0 saturated carbocycles. The van der Waals surface area contributed by atoms with E-state index in [-0.39, 0.29) is 23.5 Å². The van der Waals surface area contributed by atoms with Crippen molar-refractivity contribution in [1.29, 1.82) is 0 Å². The molecule has 0 saturated heterocycles. The summed E-state index contributed by atoms with van der Waals surface area (Å²) < 4.78 is 0. The van der Waals surface area contributed by atoms with E-state index in [1.165, 1.54) is 0 Å². The summed E-state index contributed by atoms with van der Waals surface area (Å²) in [7, 11) is 0. The molecule has 11 heteroatoms. The molecule has 2 aromatic heterocycles. The normalized spacial score (nSPS) is 11.9. The van der Waals surface area contributed by atoms with E-state index in [1.807, 2.05) is 30.3 Å². The molecule has 4 rings (SSSR count). The number of amides is 2. The molecule has 11 nitrogen and oxygen atoms in total. The van der Waals surface area contributed by atoms with Crippen LogP contribution in [0.4, 0.5) is 11.5 Å². The Balaban J connectivity index is 1.55. The predicted molar refractivity (Wildman–Crippen MR) is 110 cm³/mol. The summed E-state index contributed by atoms with van der Waals surface area (Å²) in [6, 6.07) is 14.8. The van der Waals surface area contributed by atoms with Crippen LogP contribution in [0.5, 0.6) is 0 Å².